The molecule has 9 rings (SSSR count). The van der Waals surface area contributed by atoms with E-state index in [1.54, 1.807) is 6.07 Å². The molecule has 4 aliphatic rings. The minimum absolute atomic E-state index is 0.234. The summed E-state index contributed by atoms with van der Waals surface area (Å²) in [4.78, 5) is 64.6. The molecule has 2 fully saturated rings. The zero-order chi connectivity index (χ0) is 36.7. The number of aliphatic hydroxyl groups is 2. The van der Waals surface area contributed by atoms with Gasteiger partial charge in [0, 0.05) is 87.5 Å². The molecule has 10 heteroatoms. The summed E-state index contributed by atoms with van der Waals surface area (Å²) in [5.41, 5.74) is 3.72. The standard InChI is InChI=1S/C43H46N4O6/c1-3-5-10-24(4-2)21-46-40(50)28-13-11-26-37-33(45-17-8-9-18-45)20-31-35-29(41(51)47(43(31)53)22-25(49)23-48)14-12-27(39(35)37)36-32(44-15-6-7-16-44)19-30(42(46)52)34(28)38(26)36/h11-14,19-20,24-25,48-49H,3-10,15-18,21-23H2,1-2H3/t24?,25-/m0/s1. The number of carbonyl (C=O) groups is 4. The molecule has 4 heterocycles. The Bertz CT molecular complexity index is 2360. The van der Waals surface area contributed by atoms with Gasteiger partial charge in [-0.3, -0.25) is 29.0 Å². The monoisotopic (exact) mass is 714 g/mol. The highest BCUT2D eigenvalue weighted by atomic mass is 16.3. The lowest BCUT2D eigenvalue weighted by molar-refractivity contribution is 0.0390. The summed E-state index contributed by atoms with van der Waals surface area (Å²) in [6.45, 7) is 7.12. The van der Waals surface area contributed by atoms with Gasteiger partial charge in [0.1, 0.15) is 0 Å². The number of anilines is 2. The van der Waals surface area contributed by atoms with Crippen molar-refractivity contribution in [2.45, 2.75) is 71.3 Å². The number of β-amino-alcohol motifs (C(OH)–C–C–N with tert-alkyl or cyclic N) is 1. The van der Waals surface area contributed by atoms with Crippen LogP contribution in [0.15, 0.2) is 36.4 Å². The van der Waals surface area contributed by atoms with Gasteiger partial charge in [0.25, 0.3) is 23.6 Å². The second-order valence-corrected chi connectivity index (χ2v) is 15.5. The van der Waals surface area contributed by atoms with Crippen molar-refractivity contribution in [3.63, 3.8) is 0 Å². The van der Waals surface area contributed by atoms with Crippen molar-refractivity contribution in [1.82, 2.24) is 9.80 Å². The van der Waals surface area contributed by atoms with Gasteiger partial charge in [-0.15, -0.1) is 0 Å². The van der Waals surface area contributed by atoms with Crippen LogP contribution in [0.1, 0.15) is 107 Å². The van der Waals surface area contributed by atoms with Crippen molar-refractivity contribution >= 4 is 78.1 Å². The van der Waals surface area contributed by atoms with Gasteiger partial charge in [0.2, 0.25) is 0 Å². The topological polar surface area (TPSA) is 122 Å². The molecule has 10 nitrogen and oxygen atoms in total. The zero-order valence-corrected chi connectivity index (χ0v) is 30.5. The lowest BCUT2D eigenvalue weighted by Crippen LogP contribution is -2.45. The highest BCUT2D eigenvalue weighted by Gasteiger charge is 2.40. The number of fused-ring (bicyclic) bond motifs is 2. The van der Waals surface area contributed by atoms with E-state index in [0.29, 0.717) is 39.6 Å². The Kier molecular flexibility index (Phi) is 8.31. The van der Waals surface area contributed by atoms with Crippen LogP contribution in [0.4, 0.5) is 11.4 Å². The van der Waals surface area contributed by atoms with Crippen LogP contribution in [0, 0.1) is 5.92 Å². The van der Waals surface area contributed by atoms with Gasteiger partial charge >= 0.3 is 0 Å². The second kappa shape index (κ2) is 13.0. The largest absolute Gasteiger partial charge is 0.394 e. The van der Waals surface area contributed by atoms with E-state index in [-0.39, 0.29) is 24.3 Å². The minimum Gasteiger partial charge on any atom is -0.394 e. The molecule has 2 N–H and O–H groups in total. The maximum atomic E-state index is 14.6. The van der Waals surface area contributed by atoms with E-state index in [0.717, 1.165) is 126 Å². The van der Waals surface area contributed by atoms with E-state index < -0.39 is 24.5 Å². The lowest BCUT2D eigenvalue weighted by atomic mass is 9.80. The van der Waals surface area contributed by atoms with Crippen LogP contribution in [0.2, 0.25) is 0 Å². The van der Waals surface area contributed by atoms with Crippen LogP contribution in [-0.2, 0) is 0 Å². The molecule has 274 valence electrons. The normalized spacial score (nSPS) is 18.7. The minimum atomic E-state index is -1.25. The van der Waals surface area contributed by atoms with Crippen LogP contribution < -0.4 is 9.80 Å². The van der Waals surface area contributed by atoms with E-state index >= 15 is 0 Å². The molecule has 5 aromatic carbocycles. The number of nitrogens with zero attached hydrogens (tertiary/aromatic N) is 4. The third kappa shape index (κ3) is 4.98. The molecule has 0 bridgehead atoms. The summed E-state index contributed by atoms with van der Waals surface area (Å²) in [6, 6.07) is 11.6. The Morgan fingerprint density at radius 3 is 1.49 bits per heavy atom. The summed E-state index contributed by atoms with van der Waals surface area (Å²) in [7, 11) is 0. The predicted octanol–water partition coefficient (Wildman–Crippen LogP) is 6.70. The van der Waals surface area contributed by atoms with E-state index in [2.05, 4.69) is 23.6 Å². The molecule has 0 saturated carbocycles. The van der Waals surface area contributed by atoms with E-state index in [1.165, 1.54) is 4.90 Å². The predicted molar refractivity (Wildman–Crippen MR) is 208 cm³/mol. The maximum Gasteiger partial charge on any atom is 0.261 e. The van der Waals surface area contributed by atoms with Crippen molar-refractivity contribution in [1.29, 1.82) is 0 Å². The van der Waals surface area contributed by atoms with Crippen LogP contribution in [-0.4, -0.2) is 95.6 Å². The van der Waals surface area contributed by atoms with Gasteiger partial charge in [-0.2, -0.15) is 0 Å². The number of rotatable bonds is 11. The number of hydrogen-bond acceptors (Lipinski definition) is 8. The first-order chi connectivity index (χ1) is 25.8. The maximum absolute atomic E-state index is 14.6. The Hall–Kier alpha value is -4.80. The number of unbranched alkanes of at least 4 members (excludes halogenated alkanes) is 1. The quantitative estimate of drug-likeness (QED) is 0.0882. The molecule has 2 saturated heterocycles. The number of amides is 4. The van der Waals surface area contributed by atoms with Crippen molar-refractivity contribution < 1.29 is 29.4 Å². The number of benzene rings is 5. The SMILES string of the molecule is CCCCC(CC)CN1C(=O)c2ccc3c4c(N5CCCC5)cc5c6c(ccc(c7c(N8CCCC8)cc(c2c37)C1=O)c64)C(=O)N(C[C@H](O)CO)C5=O. The highest BCUT2D eigenvalue weighted by Crippen LogP contribution is 2.52. The Morgan fingerprint density at radius 1 is 0.604 bits per heavy atom. The summed E-state index contributed by atoms with van der Waals surface area (Å²) < 4.78 is 0. The Labute approximate surface area is 308 Å². The van der Waals surface area contributed by atoms with Gasteiger partial charge in [-0.25, -0.2) is 0 Å². The summed E-state index contributed by atoms with van der Waals surface area (Å²) in [6.07, 6.45) is 6.80. The Balaban J connectivity index is 1.38. The molecule has 4 aliphatic heterocycles. The van der Waals surface area contributed by atoms with Gasteiger partial charge in [0.05, 0.1) is 30.4 Å². The van der Waals surface area contributed by atoms with Crippen molar-refractivity contribution in [2.24, 2.45) is 5.92 Å². The smallest absolute Gasteiger partial charge is 0.261 e. The number of imide groups is 2. The van der Waals surface area contributed by atoms with Crippen LogP contribution in [0.25, 0.3) is 43.1 Å². The highest BCUT2D eigenvalue weighted by molar-refractivity contribution is 6.44. The van der Waals surface area contributed by atoms with Crippen LogP contribution >= 0.6 is 0 Å². The molecule has 5 aromatic rings. The van der Waals surface area contributed by atoms with E-state index in [9.17, 15) is 29.4 Å². The van der Waals surface area contributed by atoms with E-state index in [1.807, 2.05) is 30.3 Å². The molecule has 0 spiro atoms. The first kappa shape index (κ1) is 34.0. The first-order valence-electron chi connectivity index (χ1n) is 19.6. The van der Waals surface area contributed by atoms with Gasteiger partial charge in [0.15, 0.2) is 0 Å². The van der Waals surface area contributed by atoms with Crippen molar-refractivity contribution in [2.75, 3.05) is 55.7 Å². The van der Waals surface area contributed by atoms with Crippen LogP contribution in [0.3, 0.4) is 0 Å². The van der Waals surface area contributed by atoms with E-state index in [4.69, 9.17) is 0 Å². The number of carbonyl (C=O) groups excluding carboxylic acids is 4. The van der Waals surface area contributed by atoms with Gasteiger partial charge in [-0.05, 0) is 73.1 Å². The average molecular weight is 715 g/mol. The van der Waals surface area contributed by atoms with Crippen molar-refractivity contribution in [3.05, 3.63) is 58.7 Å². The molecular formula is C43H46N4O6. The second-order valence-electron chi connectivity index (χ2n) is 15.5. The molecule has 2 atom stereocenters. The molecule has 0 aliphatic carbocycles. The van der Waals surface area contributed by atoms with Gasteiger partial charge in [-0.1, -0.05) is 45.2 Å². The number of aliphatic hydroxyl groups excluding tert-OH is 2. The molecule has 0 aromatic heterocycles. The summed E-state index contributed by atoms with van der Waals surface area (Å²) in [5.74, 6) is -1.24. The van der Waals surface area contributed by atoms with Gasteiger partial charge < -0.3 is 20.0 Å². The van der Waals surface area contributed by atoms with Crippen LogP contribution in [0.5, 0.6) is 0 Å². The fourth-order valence-electron chi connectivity index (χ4n) is 9.71. The zero-order valence-electron chi connectivity index (χ0n) is 30.5. The fourth-order valence-corrected chi connectivity index (χ4v) is 9.71. The lowest BCUT2D eigenvalue weighted by Gasteiger charge is -2.34. The third-order valence-corrected chi connectivity index (χ3v) is 12.4. The third-order valence-electron chi connectivity index (χ3n) is 12.4. The molecular weight excluding hydrogens is 668 g/mol. The molecule has 0 radical (unpaired) electrons. The first-order valence-corrected chi connectivity index (χ1v) is 19.6. The molecule has 53 heavy (non-hydrogen) atoms. The Morgan fingerprint density at radius 2 is 1.06 bits per heavy atom. The van der Waals surface area contributed by atoms with Crippen molar-refractivity contribution in [3.8, 4) is 0 Å². The molecule has 1 unspecified atom stereocenters. The average Bonchev–Trinajstić information content (AvgIpc) is 3.92. The molecule has 4 amide bonds. The number of hydrogen-bond donors (Lipinski definition) is 2. The summed E-state index contributed by atoms with van der Waals surface area (Å²) >= 11 is 0. The fraction of sp³-hybridized carbons (Fsp3) is 0.442. The summed E-state index contributed by atoms with van der Waals surface area (Å²) in [5, 5.41) is 26.6.